The Morgan fingerprint density at radius 3 is 2.67 bits per heavy atom. The van der Waals surface area contributed by atoms with Crippen molar-refractivity contribution in [2.24, 2.45) is 5.92 Å². The van der Waals surface area contributed by atoms with E-state index in [2.05, 4.69) is 16.8 Å². The van der Waals surface area contributed by atoms with Crippen LogP contribution in [-0.4, -0.2) is 34.8 Å². The van der Waals surface area contributed by atoms with Crippen LogP contribution in [0.25, 0.3) is 0 Å². The third-order valence-corrected chi connectivity index (χ3v) is 5.03. The van der Waals surface area contributed by atoms with Gasteiger partial charge in [0, 0.05) is 6.54 Å². The zero-order valence-corrected chi connectivity index (χ0v) is 14.0. The quantitative estimate of drug-likeness (QED) is 0.908. The maximum Gasteiger partial charge on any atom is 0.248 e. The lowest BCUT2D eigenvalue weighted by molar-refractivity contribution is -0.156. The van der Waals surface area contributed by atoms with Crippen LogP contribution in [0.15, 0.2) is 16.8 Å². The zero-order valence-electron chi connectivity index (χ0n) is 13.2. The van der Waals surface area contributed by atoms with Gasteiger partial charge in [-0.1, -0.05) is 20.8 Å². The molecule has 2 atom stereocenters. The van der Waals surface area contributed by atoms with E-state index in [9.17, 15) is 9.59 Å². The Kier molecular flexibility index (Phi) is 4.71. The number of hydrogen-bond donors (Lipinski definition) is 1. The van der Waals surface area contributed by atoms with Crippen molar-refractivity contribution in [3.05, 3.63) is 22.4 Å². The second-order valence-electron chi connectivity index (χ2n) is 6.24. The van der Waals surface area contributed by atoms with Gasteiger partial charge >= 0.3 is 0 Å². The lowest BCUT2D eigenvalue weighted by atomic mass is 9.88. The molecule has 0 radical (unpaired) electrons. The van der Waals surface area contributed by atoms with Gasteiger partial charge in [0.25, 0.3) is 0 Å². The third-order valence-electron chi connectivity index (χ3n) is 4.30. The van der Waals surface area contributed by atoms with E-state index in [4.69, 9.17) is 0 Å². The summed E-state index contributed by atoms with van der Waals surface area (Å²) in [4.78, 5) is 27.0. The number of rotatable bonds is 5. The minimum atomic E-state index is -0.767. The average Bonchev–Trinajstić information content (AvgIpc) is 2.93. The van der Waals surface area contributed by atoms with Crippen LogP contribution in [0.3, 0.4) is 0 Å². The molecular formula is C16H24N2O2S. The Morgan fingerprint density at radius 1 is 1.43 bits per heavy atom. The Labute approximate surface area is 130 Å². The normalized spacial score (nSPS) is 26.3. The number of amides is 2. The highest BCUT2D eigenvalue weighted by molar-refractivity contribution is 7.07. The molecule has 1 N–H and O–H groups in total. The van der Waals surface area contributed by atoms with Gasteiger partial charge in [0.1, 0.15) is 11.6 Å². The molecule has 0 spiro atoms. The van der Waals surface area contributed by atoms with Crippen molar-refractivity contribution in [2.75, 3.05) is 6.54 Å². The van der Waals surface area contributed by atoms with Gasteiger partial charge in [-0.05, 0) is 48.1 Å². The highest BCUT2D eigenvalue weighted by Crippen LogP contribution is 2.25. The maximum absolute atomic E-state index is 12.8. The molecule has 0 aliphatic carbocycles. The fourth-order valence-electron chi connectivity index (χ4n) is 2.81. The number of hydrogen-bond acceptors (Lipinski definition) is 3. The molecular weight excluding hydrogens is 284 g/mol. The van der Waals surface area contributed by atoms with Gasteiger partial charge in [-0.3, -0.25) is 9.59 Å². The molecule has 21 heavy (non-hydrogen) atoms. The molecule has 116 valence electrons. The summed E-state index contributed by atoms with van der Waals surface area (Å²) in [6, 6.07) is 1.71. The van der Waals surface area contributed by atoms with Crippen LogP contribution in [-0.2, 0) is 16.0 Å². The molecule has 1 aliphatic heterocycles. The Morgan fingerprint density at radius 2 is 2.14 bits per heavy atom. The van der Waals surface area contributed by atoms with E-state index in [1.807, 2.05) is 33.1 Å². The summed E-state index contributed by atoms with van der Waals surface area (Å²) in [5.41, 5.74) is 0.455. The molecule has 1 fully saturated rings. The summed E-state index contributed by atoms with van der Waals surface area (Å²) in [7, 11) is 0. The first-order chi connectivity index (χ1) is 9.89. The second-order valence-corrected chi connectivity index (χ2v) is 7.02. The number of piperazine rings is 1. The number of carbonyl (C=O) groups excluding carboxylic acids is 2. The van der Waals surface area contributed by atoms with Gasteiger partial charge < -0.3 is 10.2 Å². The monoisotopic (exact) mass is 308 g/mol. The molecule has 5 heteroatoms. The predicted molar refractivity (Wildman–Crippen MR) is 85.2 cm³/mol. The van der Waals surface area contributed by atoms with Crippen LogP contribution in [0.5, 0.6) is 0 Å². The summed E-state index contributed by atoms with van der Waals surface area (Å²) in [6.45, 7) is 8.33. The molecule has 2 rings (SSSR count). The minimum Gasteiger partial charge on any atom is -0.340 e. The molecule has 1 aromatic rings. The average molecular weight is 308 g/mol. The molecule has 2 amide bonds. The van der Waals surface area contributed by atoms with Crippen LogP contribution in [0.1, 0.15) is 39.7 Å². The second kappa shape index (κ2) is 6.18. The Hall–Kier alpha value is -1.36. The molecule has 1 saturated heterocycles. The fourth-order valence-corrected chi connectivity index (χ4v) is 3.51. The number of thiophene rings is 1. The van der Waals surface area contributed by atoms with Crippen LogP contribution in [0.4, 0.5) is 0 Å². The van der Waals surface area contributed by atoms with E-state index < -0.39 is 5.54 Å². The minimum absolute atomic E-state index is 0.0285. The van der Waals surface area contributed by atoms with Crippen LogP contribution in [0.2, 0.25) is 0 Å². The standard InChI is InChI=1S/C16H24N2O2S/c1-5-16(4)15(20)18(8-6-12-7-9-21-10-12)13(11(2)3)14(19)17-16/h7,9-11,13H,5-6,8H2,1-4H3,(H,17,19). The van der Waals surface area contributed by atoms with Gasteiger partial charge in [0.05, 0.1) is 0 Å². The van der Waals surface area contributed by atoms with E-state index in [1.54, 1.807) is 16.2 Å². The van der Waals surface area contributed by atoms with Gasteiger partial charge in [0.2, 0.25) is 11.8 Å². The number of nitrogens with zero attached hydrogens (tertiary/aromatic N) is 1. The van der Waals surface area contributed by atoms with E-state index in [1.165, 1.54) is 5.56 Å². The SMILES string of the molecule is CCC1(C)NC(=O)C(C(C)C)N(CCc2ccsc2)C1=O. The summed E-state index contributed by atoms with van der Waals surface area (Å²) < 4.78 is 0. The highest BCUT2D eigenvalue weighted by Gasteiger charge is 2.47. The van der Waals surface area contributed by atoms with E-state index in [0.29, 0.717) is 13.0 Å². The molecule has 4 nitrogen and oxygen atoms in total. The molecule has 0 aromatic carbocycles. The first-order valence-electron chi connectivity index (χ1n) is 7.53. The van der Waals surface area contributed by atoms with Crippen molar-refractivity contribution in [1.29, 1.82) is 0 Å². The predicted octanol–water partition coefficient (Wildman–Crippen LogP) is 2.44. The van der Waals surface area contributed by atoms with Crippen molar-refractivity contribution in [1.82, 2.24) is 10.2 Å². The van der Waals surface area contributed by atoms with E-state index in [0.717, 1.165) is 6.42 Å². The number of carbonyl (C=O) groups is 2. The molecule has 0 saturated carbocycles. The zero-order chi connectivity index (χ0) is 15.6. The van der Waals surface area contributed by atoms with Crippen LogP contribution < -0.4 is 5.32 Å². The summed E-state index contributed by atoms with van der Waals surface area (Å²) in [5.74, 6) is 0.121. The molecule has 0 bridgehead atoms. The van der Waals surface area contributed by atoms with Gasteiger partial charge in [-0.15, -0.1) is 0 Å². The largest absolute Gasteiger partial charge is 0.340 e. The van der Waals surface area contributed by atoms with E-state index in [-0.39, 0.29) is 23.8 Å². The van der Waals surface area contributed by atoms with Gasteiger partial charge in [-0.25, -0.2) is 0 Å². The van der Waals surface area contributed by atoms with Gasteiger partial charge in [0.15, 0.2) is 0 Å². The first-order valence-corrected chi connectivity index (χ1v) is 8.47. The smallest absolute Gasteiger partial charge is 0.248 e. The molecule has 2 unspecified atom stereocenters. The lowest BCUT2D eigenvalue weighted by Gasteiger charge is -2.45. The van der Waals surface area contributed by atoms with Crippen LogP contribution in [0, 0.1) is 5.92 Å². The van der Waals surface area contributed by atoms with Gasteiger partial charge in [-0.2, -0.15) is 11.3 Å². The van der Waals surface area contributed by atoms with Crippen molar-refractivity contribution >= 4 is 23.2 Å². The maximum atomic E-state index is 12.8. The van der Waals surface area contributed by atoms with Crippen molar-refractivity contribution in [2.45, 2.75) is 52.1 Å². The molecule has 1 aliphatic rings. The first kappa shape index (κ1) is 16.0. The van der Waals surface area contributed by atoms with Crippen LogP contribution >= 0.6 is 11.3 Å². The summed E-state index contributed by atoms with van der Waals surface area (Å²) >= 11 is 1.66. The highest BCUT2D eigenvalue weighted by atomic mass is 32.1. The van der Waals surface area contributed by atoms with Crippen molar-refractivity contribution in [3.63, 3.8) is 0 Å². The fraction of sp³-hybridized carbons (Fsp3) is 0.625. The van der Waals surface area contributed by atoms with E-state index >= 15 is 0 Å². The lowest BCUT2D eigenvalue weighted by Crippen LogP contribution is -2.70. The summed E-state index contributed by atoms with van der Waals surface area (Å²) in [6.07, 6.45) is 1.41. The van der Waals surface area contributed by atoms with Crippen molar-refractivity contribution in [3.8, 4) is 0 Å². The Bertz CT molecular complexity index is 512. The summed E-state index contributed by atoms with van der Waals surface area (Å²) in [5, 5.41) is 7.05. The number of nitrogens with one attached hydrogen (secondary N) is 1. The third kappa shape index (κ3) is 3.12. The topological polar surface area (TPSA) is 49.4 Å². The molecule has 1 aromatic heterocycles. The molecule has 2 heterocycles. The van der Waals surface area contributed by atoms with Crippen molar-refractivity contribution < 1.29 is 9.59 Å². The Balaban J connectivity index is 2.21.